The zero-order valence-corrected chi connectivity index (χ0v) is 14.1. The first-order valence-corrected chi connectivity index (χ1v) is 7.68. The molecule has 0 aliphatic carbocycles. The van der Waals surface area contributed by atoms with Crippen LogP contribution in [-0.4, -0.2) is 18.3 Å². The minimum Gasteiger partial charge on any atom is -0.484 e. The minimum absolute atomic E-state index is 0.128. The molecule has 4 heteroatoms. The first kappa shape index (κ1) is 17.5. The smallest absolute Gasteiger partial charge is 0.255 e. The van der Waals surface area contributed by atoms with E-state index in [9.17, 15) is 9.59 Å². The Kier molecular flexibility index (Phi) is 5.53. The van der Waals surface area contributed by atoms with Crippen molar-refractivity contribution >= 4 is 17.8 Å². The van der Waals surface area contributed by atoms with E-state index in [-0.39, 0.29) is 12.4 Å². The highest BCUT2D eigenvalue weighted by molar-refractivity contribution is 6.07. The summed E-state index contributed by atoms with van der Waals surface area (Å²) in [6, 6.07) is 10.9. The van der Waals surface area contributed by atoms with E-state index in [1.165, 1.54) is 11.1 Å². The SMILES string of the molecule is Cc1cc(C)c(/C=C/C(=O)c2cccc(OCC(N)=O)c2)cc1C. The molecule has 4 nitrogen and oxygen atoms in total. The van der Waals surface area contributed by atoms with Crippen molar-refractivity contribution < 1.29 is 14.3 Å². The predicted octanol–water partition coefficient (Wildman–Crippen LogP) is 3.37. The number of hydrogen-bond donors (Lipinski definition) is 1. The van der Waals surface area contributed by atoms with Gasteiger partial charge in [-0.3, -0.25) is 9.59 Å². The first-order valence-electron chi connectivity index (χ1n) is 7.68. The fourth-order valence-electron chi connectivity index (χ4n) is 2.32. The van der Waals surface area contributed by atoms with Crippen LogP contribution in [0.2, 0.25) is 0 Å². The number of rotatable bonds is 6. The molecule has 0 bridgehead atoms. The molecule has 0 radical (unpaired) electrons. The van der Waals surface area contributed by atoms with E-state index in [0.717, 1.165) is 11.1 Å². The van der Waals surface area contributed by atoms with E-state index >= 15 is 0 Å². The lowest BCUT2D eigenvalue weighted by atomic mass is 10.00. The van der Waals surface area contributed by atoms with Crippen molar-refractivity contribution in [2.75, 3.05) is 6.61 Å². The molecule has 0 saturated heterocycles. The summed E-state index contributed by atoms with van der Waals surface area (Å²) in [5.74, 6) is -0.246. The molecule has 24 heavy (non-hydrogen) atoms. The van der Waals surface area contributed by atoms with E-state index < -0.39 is 5.91 Å². The summed E-state index contributed by atoms with van der Waals surface area (Å²) in [4.78, 5) is 23.1. The number of nitrogens with two attached hydrogens (primary N) is 1. The fraction of sp³-hybridized carbons (Fsp3) is 0.200. The van der Waals surface area contributed by atoms with Crippen LogP contribution in [-0.2, 0) is 4.79 Å². The van der Waals surface area contributed by atoms with Gasteiger partial charge in [-0.2, -0.15) is 0 Å². The topological polar surface area (TPSA) is 69.4 Å². The van der Waals surface area contributed by atoms with Crippen molar-refractivity contribution in [2.24, 2.45) is 5.73 Å². The lowest BCUT2D eigenvalue weighted by molar-refractivity contribution is -0.119. The standard InChI is InChI=1S/C20H21NO3/c1-13-9-15(3)16(10-14(13)2)7-8-19(22)17-5-4-6-18(11-17)24-12-20(21)23/h4-11H,12H2,1-3H3,(H2,21,23)/b8-7+. The van der Waals surface area contributed by atoms with Gasteiger partial charge in [0, 0.05) is 5.56 Å². The van der Waals surface area contributed by atoms with Crippen molar-refractivity contribution in [3.8, 4) is 5.75 Å². The second-order valence-electron chi connectivity index (χ2n) is 5.77. The fourth-order valence-corrected chi connectivity index (χ4v) is 2.32. The number of amides is 1. The number of benzene rings is 2. The third kappa shape index (κ3) is 4.56. The quantitative estimate of drug-likeness (QED) is 0.654. The molecule has 2 aromatic rings. The monoisotopic (exact) mass is 323 g/mol. The normalized spacial score (nSPS) is 10.8. The third-order valence-electron chi connectivity index (χ3n) is 3.80. The maximum absolute atomic E-state index is 12.3. The molecule has 0 aliphatic rings. The summed E-state index contributed by atoms with van der Waals surface area (Å²) in [6.07, 6.45) is 3.37. The number of aryl methyl sites for hydroxylation is 3. The van der Waals surface area contributed by atoms with Crippen LogP contribution in [0.3, 0.4) is 0 Å². The Morgan fingerprint density at radius 1 is 1.04 bits per heavy atom. The molecule has 2 rings (SSSR count). The Morgan fingerprint density at radius 2 is 1.75 bits per heavy atom. The molecule has 0 aliphatic heterocycles. The molecule has 124 valence electrons. The van der Waals surface area contributed by atoms with Gasteiger partial charge in [0.2, 0.25) is 0 Å². The van der Waals surface area contributed by atoms with E-state index in [1.54, 1.807) is 30.3 Å². The Labute approximate surface area is 141 Å². The highest BCUT2D eigenvalue weighted by Gasteiger charge is 2.05. The largest absolute Gasteiger partial charge is 0.484 e. The number of carbonyl (C=O) groups is 2. The maximum atomic E-state index is 12.3. The second-order valence-corrected chi connectivity index (χ2v) is 5.77. The summed E-state index contributed by atoms with van der Waals surface area (Å²) in [6.45, 7) is 5.93. The number of primary amides is 1. The third-order valence-corrected chi connectivity index (χ3v) is 3.80. The van der Waals surface area contributed by atoms with Crippen molar-refractivity contribution in [2.45, 2.75) is 20.8 Å². The molecule has 0 spiro atoms. The molecule has 0 heterocycles. The van der Waals surface area contributed by atoms with Crippen LogP contribution in [0.25, 0.3) is 6.08 Å². The van der Waals surface area contributed by atoms with Gasteiger partial charge in [-0.15, -0.1) is 0 Å². The van der Waals surface area contributed by atoms with E-state index in [1.807, 2.05) is 19.9 Å². The van der Waals surface area contributed by atoms with E-state index in [2.05, 4.69) is 19.1 Å². The summed E-state index contributed by atoms with van der Waals surface area (Å²) < 4.78 is 5.22. The number of ketones is 1. The Balaban J connectivity index is 2.16. The molecule has 2 aromatic carbocycles. The molecule has 0 unspecified atom stereocenters. The molecular weight excluding hydrogens is 302 g/mol. The zero-order valence-electron chi connectivity index (χ0n) is 14.1. The van der Waals surface area contributed by atoms with Crippen molar-refractivity contribution in [3.63, 3.8) is 0 Å². The molecule has 0 fully saturated rings. The van der Waals surface area contributed by atoms with Gasteiger partial charge in [0.1, 0.15) is 5.75 Å². The van der Waals surface area contributed by atoms with Crippen LogP contribution in [0, 0.1) is 20.8 Å². The highest BCUT2D eigenvalue weighted by Crippen LogP contribution is 2.18. The highest BCUT2D eigenvalue weighted by atomic mass is 16.5. The van der Waals surface area contributed by atoms with E-state index in [4.69, 9.17) is 10.5 Å². The lowest BCUT2D eigenvalue weighted by Gasteiger charge is -2.06. The average molecular weight is 323 g/mol. The molecular formula is C20H21NO3. The van der Waals surface area contributed by atoms with Gasteiger partial charge in [0.25, 0.3) is 5.91 Å². The average Bonchev–Trinajstić information content (AvgIpc) is 2.55. The van der Waals surface area contributed by atoms with E-state index in [0.29, 0.717) is 11.3 Å². The van der Waals surface area contributed by atoms with Crippen LogP contribution in [0.15, 0.2) is 42.5 Å². The Hall–Kier alpha value is -2.88. The number of hydrogen-bond acceptors (Lipinski definition) is 3. The van der Waals surface area contributed by atoms with Gasteiger partial charge >= 0.3 is 0 Å². The number of allylic oxidation sites excluding steroid dienone is 1. The van der Waals surface area contributed by atoms with Crippen LogP contribution in [0.5, 0.6) is 5.75 Å². The van der Waals surface area contributed by atoms with Crippen molar-refractivity contribution in [3.05, 3.63) is 70.3 Å². The molecule has 1 amide bonds. The van der Waals surface area contributed by atoms with Gasteiger partial charge in [0.15, 0.2) is 12.4 Å². The summed E-state index contributed by atoms with van der Waals surface area (Å²) >= 11 is 0. The summed E-state index contributed by atoms with van der Waals surface area (Å²) in [7, 11) is 0. The van der Waals surface area contributed by atoms with Crippen LogP contribution < -0.4 is 10.5 Å². The van der Waals surface area contributed by atoms with Crippen molar-refractivity contribution in [1.29, 1.82) is 0 Å². The van der Waals surface area contributed by atoms with Gasteiger partial charge in [-0.1, -0.05) is 30.3 Å². The summed E-state index contributed by atoms with van der Waals surface area (Å²) in [5.41, 5.74) is 10.1. The minimum atomic E-state index is -0.558. The predicted molar refractivity (Wildman–Crippen MR) is 95.1 cm³/mol. The Bertz CT molecular complexity index is 807. The molecule has 0 atom stereocenters. The van der Waals surface area contributed by atoms with Crippen LogP contribution in [0.1, 0.15) is 32.6 Å². The zero-order chi connectivity index (χ0) is 17.7. The first-order chi connectivity index (χ1) is 11.4. The van der Waals surface area contributed by atoms with Crippen LogP contribution >= 0.6 is 0 Å². The van der Waals surface area contributed by atoms with Gasteiger partial charge in [0.05, 0.1) is 0 Å². The van der Waals surface area contributed by atoms with Crippen LogP contribution in [0.4, 0.5) is 0 Å². The lowest BCUT2D eigenvalue weighted by Crippen LogP contribution is -2.20. The van der Waals surface area contributed by atoms with Gasteiger partial charge in [-0.25, -0.2) is 0 Å². The number of carbonyl (C=O) groups excluding carboxylic acids is 2. The van der Waals surface area contributed by atoms with Gasteiger partial charge in [-0.05, 0) is 61.2 Å². The van der Waals surface area contributed by atoms with Crippen molar-refractivity contribution in [1.82, 2.24) is 0 Å². The molecule has 2 N–H and O–H groups in total. The maximum Gasteiger partial charge on any atom is 0.255 e. The second kappa shape index (κ2) is 7.59. The summed E-state index contributed by atoms with van der Waals surface area (Å²) in [5, 5.41) is 0. The van der Waals surface area contributed by atoms with Gasteiger partial charge < -0.3 is 10.5 Å². The molecule has 0 saturated carbocycles. The molecule has 0 aromatic heterocycles. The Morgan fingerprint density at radius 3 is 2.46 bits per heavy atom. The number of ether oxygens (including phenoxy) is 1.